The molecule has 0 rings (SSSR count). The Morgan fingerprint density at radius 1 is 0.447 bits per heavy atom. The summed E-state index contributed by atoms with van der Waals surface area (Å²) in [6, 6.07) is 0. The number of aliphatic carboxylic acids is 6. The van der Waals surface area contributed by atoms with Crippen molar-refractivity contribution in [2.24, 2.45) is 11.5 Å². The number of carboxylic acids is 6. The number of hydrogen-bond acceptors (Lipinski definition) is 16. The van der Waals surface area contributed by atoms with Crippen molar-refractivity contribution < 1.29 is 188 Å². The number of carboxylic acid groups (broad SMARTS) is 6. The first-order valence-corrected chi connectivity index (χ1v) is 9.18. The number of nitrogens with one attached hydrogen (secondary N) is 2. The minimum atomic E-state index is -1.08. The molecule has 0 aromatic rings. The van der Waals surface area contributed by atoms with Gasteiger partial charge in [0, 0.05) is 75.1 Å². The Morgan fingerprint density at radius 2 is 0.553 bits per heavy atom. The Bertz CT molecular complexity index is 400. The van der Waals surface area contributed by atoms with Crippen LogP contribution in [0.1, 0.15) is 41.5 Å². The van der Waals surface area contributed by atoms with Gasteiger partial charge in [-0.15, -0.1) is 0 Å². The Hall–Kier alpha value is 0.985. The van der Waals surface area contributed by atoms with Crippen molar-refractivity contribution in [2.45, 2.75) is 41.5 Å². The SMILES string of the molecule is CC(=O)[O-].CC(=O)[O-].CC(=O)[O-].CC(=O)[O-].CC(=O)[O-].CC(=O)[O-].NCCNCCNCCN.[Gd+3].[Na+].[Na+].[Na+]. The van der Waals surface area contributed by atoms with Crippen LogP contribution in [-0.2, 0) is 28.8 Å². The molecule has 0 saturated carbocycles. The average Bonchev–Trinajstić information content (AvgIpc) is 2.55. The Morgan fingerprint density at radius 3 is 0.632 bits per heavy atom. The van der Waals surface area contributed by atoms with Gasteiger partial charge in [0.1, 0.15) is 0 Å². The molecule has 0 aliphatic carbocycles. The number of hydrogen-bond donors (Lipinski definition) is 4. The maximum atomic E-state index is 8.89. The largest absolute Gasteiger partial charge is 3.00 e. The zero-order valence-electron chi connectivity index (χ0n) is 23.6. The molecule has 38 heavy (non-hydrogen) atoms. The van der Waals surface area contributed by atoms with E-state index in [1.807, 2.05) is 0 Å². The molecule has 0 bridgehead atoms. The van der Waals surface area contributed by atoms with Gasteiger partial charge in [-0.05, 0) is 41.5 Å². The van der Waals surface area contributed by atoms with E-state index in [2.05, 4.69) is 10.6 Å². The van der Waals surface area contributed by atoms with Gasteiger partial charge in [0.05, 0.1) is 0 Å². The van der Waals surface area contributed by atoms with Crippen molar-refractivity contribution in [1.29, 1.82) is 0 Å². The molecular weight excluding hydrogens is 690 g/mol. The van der Waals surface area contributed by atoms with Crippen molar-refractivity contribution in [3.63, 3.8) is 0 Å². The molecule has 0 aromatic carbocycles. The molecule has 0 spiro atoms. The van der Waals surface area contributed by atoms with Crippen molar-refractivity contribution in [3.8, 4) is 0 Å². The Balaban J connectivity index is -0.0000000255. The fourth-order valence-electron chi connectivity index (χ4n) is 0.631. The maximum absolute atomic E-state index is 8.89. The first-order valence-electron chi connectivity index (χ1n) is 9.18. The second-order valence-corrected chi connectivity index (χ2v) is 5.03. The van der Waals surface area contributed by atoms with Gasteiger partial charge in [-0.3, -0.25) is 0 Å². The van der Waals surface area contributed by atoms with Gasteiger partial charge >= 0.3 is 129 Å². The predicted octanol–water partition coefficient (Wildman–Crippen LogP) is -18.4. The van der Waals surface area contributed by atoms with Crippen LogP contribution in [0.2, 0.25) is 0 Å². The molecule has 16 nitrogen and oxygen atoms in total. The second kappa shape index (κ2) is 71.4. The molecule has 0 amide bonds. The summed E-state index contributed by atoms with van der Waals surface area (Å²) >= 11 is 0. The van der Waals surface area contributed by atoms with Crippen LogP contribution in [0.3, 0.4) is 0 Å². The molecule has 1 radical (unpaired) electrons. The molecule has 0 heterocycles. The van der Waals surface area contributed by atoms with Crippen LogP contribution in [0.15, 0.2) is 0 Å². The molecule has 211 valence electrons. The Labute approximate surface area is 322 Å². The standard InChI is InChI=1S/C6H18N4.6C2H4O2.Gd.3Na/c7-1-3-9-5-6-10-4-2-8;6*1-2(3)4;;;;/h9-10H,1-8H2;6*1H3,(H,3,4);;;;/q;;;;;;;+3;3*+1/p-6. The number of rotatable bonds is 7. The monoisotopic (exact) mass is 727 g/mol. The zero-order chi connectivity index (χ0) is 29.1. The Kier molecular flexibility index (Phi) is 135. The van der Waals surface area contributed by atoms with E-state index >= 15 is 0 Å². The van der Waals surface area contributed by atoms with E-state index in [9.17, 15) is 0 Å². The molecule has 20 heteroatoms. The van der Waals surface area contributed by atoms with Crippen LogP contribution in [0, 0.1) is 39.9 Å². The van der Waals surface area contributed by atoms with Crippen LogP contribution in [0.5, 0.6) is 0 Å². The summed E-state index contributed by atoms with van der Waals surface area (Å²) in [7, 11) is 0. The minimum absolute atomic E-state index is 0. The van der Waals surface area contributed by atoms with E-state index in [1.165, 1.54) is 0 Å². The van der Waals surface area contributed by atoms with Gasteiger partial charge in [0.25, 0.3) is 0 Å². The van der Waals surface area contributed by atoms with Gasteiger partial charge in [0.15, 0.2) is 0 Å². The van der Waals surface area contributed by atoms with E-state index < -0.39 is 35.8 Å². The molecule has 0 saturated heterocycles. The molecule has 0 aliphatic heterocycles. The fraction of sp³-hybridized carbons (Fsp3) is 0.667. The van der Waals surface area contributed by atoms with E-state index in [0.717, 1.165) is 67.7 Å². The number of nitrogens with two attached hydrogens (primary N) is 2. The molecule has 0 fully saturated rings. The maximum Gasteiger partial charge on any atom is 3.00 e. The molecular formula is C18H36GdN4Na3O12. The number of carbonyl (C=O) groups excluding carboxylic acids is 6. The van der Waals surface area contributed by atoms with Crippen LogP contribution in [-0.4, -0.2) is 75.1 Å². The van der Waals surface area contributed by atoms with E-state index in [0.29, 0.717) is 13.1 Å². The first kappa shape index (κ1) is 71.8. The van der Waals surface area contributed by atoms with E-state index in [4.69, 9.17) is 70.9 Å². The van der Waals surface area contributed by atoms with Crippen LogP contribution in [0.4, 0.5) is 0 Å². The third-order valence-corrected chi connectivity index (χ3v) is 1.12. The predicted molar refractivity (Wildman–Crippen MR) is 108 cm³/mol. The van der Waals surface area contributed by atoms with Crippen LogP contribution < -0.4 is 141 Å². The minimum Gasteiger partial charge on any atom is -0.550 e. The smallest absolute Gasteiger partial charge is 0.550 e. The number of carbonyl (C=O) groups is 6. The van der Waals surface area contributed by atoms with E-state index in [-0.39, 0.29) is 129 Å². The van der Waals surface area contributed by atoms with Crippen LogP contribution >= 0.6 is 0 Å². The summed E-state index contributed by atoms with van der Waals surface area (Å²) in [5.74, 6) is -6.50. The van der Waals surface area contributed by atoms with Gasteiger partial charge in [0.2, 0.25) is 0 Å². The summed E-state index contributed by atoms with van der Waals surface area (Å²) < 4.78 is 0. The summed E-state index contributed by atoms with van der Waals surface area (Å²) in [5.41, 5.74) is 10.5. The van der Waals surface area contributed by atoms with Crippen molar-refractivity contribution in [3.05, 3.63) is 0 Å². The van der Waals surface area contributed by atoms with Crippen LogP contribution in [0.25, 0.3) is 0 Å². The third-order valence-electron chi connectivity index (χ3n) is 1.12. The topological polar surface area (TPSA) is 317 Å². The van der Waals surface area contributed by atoms with Gasteiger partial charge in [-0.1, -0.05) is 0 Å². The average molecular weight is 727 g/mol. The third kappa shape index (κ3) is 751. The van der Waals surface area contributed by atoms with Gasteiger partial charge < -0.3 is 81.5 Å². The second-order valence-electron chi connectivity index (χ2n) is 5.03. The molecule has 0 unspecified atom stereocenters. The van der Waals surface area contributed by atoms with Crippen molar-refractivity contribution in [2.75, 3.05) is 39.3 Å². The normalized spacial score (nSPS) is 6.63. The van der Waals surface area contributed by atoms with E-state index in [1.54, 1.807) is 0 Å². The fourth-order valence-corrected chi connectivity index (χ4v) is 0.631. The molecule has 0 aromatic heterocycles. The molecule has 0 atom stereocenters. The quantitative estimate of drug-likeness (QED) is 0.140. The summed E-state index contributed by atoms with van der Waals surface area (Å²) in [4.78, 5) is 53.3. The van der Waals surface area contributed by atoms with Crippen molar-refractivity contribution >= 4 is 35.8 Å². The van der Waals surface area contributed by atoms with Gasteiger partial charge in [-0.2, -0.15) is 0 Å². The van der Waals surface area contributed by atoms with Gasteiger partial charge in [-0.25, -0.2) is 0 Å². The first-order chi connectivity index (χ1) is 15.3. The summed E-state index contributed by atoms with van der Waals surface area (Å²) in [6.07, 6.45) is 0. The molecule has 0 aliphatic rings. The summed E-state index contributed by atoms with van der Waals surface area (Å²) in [5, 5.41) is 59.7. The molecule has 6 N–H and O–H groups in total. The summed E-state index contributed by atoms with van der Waals surface area (Å²) in [6.45, 7) is 11.0. The zero-order valence-corrected chi connectivity index (χ0v) is 31.9. The van der Waals surface area contributed by atoms with Crippen molar-refractivity contribution in [1.82, 2.24) is 10.6 Å².